The van der Waals surface area contributed by atoms with Crippen LogP contribution in [0.25, 0.3) is 60.6 Å². The van der Waals surface area contributed by atoms with Gasteiger partial charge in [-0.25, -0.2) is 4.98 Å². The van der Waals surface area contributed by atoms with Gasteiger partial charge in [0.1, 0.15) is 5.52 Å². The molecule has 0 saturated carbocycles. The highest BCUT2D eigenvalue weighted by Crippen LogP contribution is 2.44. The van der Waals surface area contributed by atoms with Gasteiger partial charge in [0.25, 0.3) is 0 Å². The summed E-state index contributed by atoms with van der Waals surface area (Å²) in [5.74, 6) is 0.641. The lowest BCUT2D eigenvalue weighted by atomic mass is 10.1. The van der Waals surface area contributed by atoms with Gasteiger partial charge in [0.15, 0.2) is 5.58 Å². The molecule has 0 atom stereocenters. The number of hydrogen-bond acceptors (Lipinski definition) is 2. The van der Waals surface area contributed by atoms with E-state index in [9.17, 15) is 0 Å². The van der Waals surface area contributed by atoms with Crippen molar-refractivity contribution in [3.8, 4) is 11.5 Å². The number of aromatic nitrogens is 2. The number of halogens is 1. The van der Waals surface area contributed by atoms with Gasteiger partial charge in [-0.3, -0.25) is 0 Å². The Morgan fingerprint density at radius 1 is 0.759 bits per heavy atom. The molecule has 0 fully saturated rings. The smallest absolute Gasteiger partial charge is 0.227 e. The molecule has 0 unspecified atom stereocenters. The third kappa shape index (κ3) is 1.90. The maximum atomic E-state index is 6.35. The Labute approximate surface area is 170 Å². The van der Waals surface area contributed by atoms with Crippen LogP contribution >= 0.6 is 11.6 Å². The Morgan fingerprint density at radius 2 is 1.55 bits per heavy atom. The predicted octanol–water partition coefficient (Wildman–Crippen LogP) is 7.30. The highest BCUT2D eigenvalue weighted by molar-refractivity contribution is 6.34. The Balaban J connectivity index is 1.76. The first-order chi connectivity index (χ1) is 14.3. The molecule has 0 aliphatic carbocycles. The summed E-state index contributed by atoms with van der Waals surface area (Å²) < 4.78 is 8.66. The highest BCUT2D eigenvalue weighted by atomic mass is 35.5. The number of rotatable bonds is 1. The first-order valence-electron chi connectivity index (χ1n) is 9.52. The van der Waals surface area contributed by atoms with E-state index in [1.165, 1.54) is 5.39 Å². The van der Waals surface area contributed by atoms with E-state index in [2.05, 4.69) is 40.8 Å². The summed E-state index contributed by atoms with van der Waals surface area (Å²) in [6.45, 7) is 0. The minimum absolute atomic E-state index is 0.641. The molecule has 29 heavy (non-hydrogen) atoms. The lowest BCUT2D eigenvalue weighted by Crippen LogP contribution is -1.79. The van der Waals surface area contributed by atoms with Crippen molar-refractivity contribution < 1.29 is 4.42 Å². The number of oxazole rings is 1. The molecule has 7 rings (SSSR count). The van der Waals surface area contributed by atoms with E-state index in [1.54, 1.807) is 0 Å². The Bertz CT molecular complexity index is 1710. The fourth-order valence-corrected chi connectivity index (χ4v) is 4.79. The predicted molar refractivity (Wildman–Crippen MR) is 119 cm³/mol. The SMILES string of the molecule is Clc1ccc2c(c1)c1cc3nc(-c4ccccc4)oc3c3c4ccccc4n2c13. The van der Waals surface area contributed by atoms with E-state index in [0.717, 1.165) is 54.4 Å². The van der Waals surface area contributed by atoms with Crippen LogP contribution in [0.5, 0.6) is 0 Å². The summed E-state index contributed by atoms with van der Waals surface area (Å²) in [6.07, 6.45) is 0. The monoisotopic (exact) mass is 392 g/mol. The molecule has 0 saturated heterocycles. The van der Waals surface area contributed by atoms with E-state index >= 15 is 0 Å². The van der Waals surface area contributed by atoms with E-state index in [4.69, 9.17) is 21.0 Å². The molecule has 0 N–H and O–H groups in total. The normalized spacial score (nSPS) is 12.3. The van der Waals surface area contributed by atoms with Crippen LogP contribution < -0.4 is 0 Å². The third-order valence-electron chi connectivity index (χ3n) is 5.80. The largest absolute Gasteiger partial charge is 0.435 e. The van der Waals surface area contributed by atoms with Crippen LogP contribution in [0.1, 0.15) is 0 Å². The zero-order valence-corrected chi connectivity index (χ0v) is 15.9. The van der Waals surface area contributed by atoms with E-state index < -0.39 is 0 Å². The van der Waals surface area contributed by atoms with E-state index in [0.29, 0.717) is 5.89 Å². The zero-order valence-electron chi connectivity index (χ0n) is 15.2. The molecule has 3 heterocycles. The molecule has 3 aromatic heterocycles. The molecule has 0 radical (unpaired) electrons. The van der Waals surface area contributed by atoms with Gasteiger partial charge in [0, 0.05) is 26.7 Å². The van der Waals surface area contributed by atoms with Gasteiger partial charge in [-0.15, -0.1) is 0 Å². The maximum Gasteiger partial charge on any atom is 0.227 e. The third-order valence-corrected chi connectivity index (χ3v) is 6.04. The average molecular weight is 393 g/mol. The lowest BCUT2D eigenvalue weighted by molar-refractivity contribution is 0.623. The lowest BCUT2D eigenvalue weighted by Gasteiger charge is -1.98. The van der Waals surface area contributed by atoms with Crippen LogP contribution in [-0.4, -0.2) is 9.38 Å². The standard InChI is InChI=1S/C25H13ClN2O/c26-15-10-11-21-17(12-15)18-13-19-24(29-25(27-19)14-6-2-1-3-7-14)22-16-8-4-5-9-20(16)28(21)23(18)22/h1-13H. The Morgan fingerprint density at radius 3 is 2.45 bits per heavy atom. The second-order valence-electron chi connectivity index (χ2n) is 7.40. The van der Waals surface area contributed by atoms with Crippen LogP contribution in [0.3, 0.4) is 0 Å². The van der Waals surface area contributed by atoms with Gasteiger partial charge in [0.2, 0.25) is 5.89 Å². The van der Waals surface area contributed by atoms with Crippen molar-refractivity contribution in [3.05, 3.63) is 83.9 Å². The number of fused-ring (bicyclic) bond motifs is 8. The molecule has 0 bridgehead atoms. The fraction of sp³-hybridized carbons (Fsp3) is 0. The van der Waals surface area contributed by atoms with Crippen LogP contribution in [0, 0.1) is 0 Å². The minimum Gasteiger partial charge on any atom is -0.435 e. The fourth-order valence-electron chi connectivity index (χ4n) is 4.62. The van der Waals surface area contributed by atoms with Gasteiger partial charge in [-0.2, -0.15) is 0 Å². The van der Waals surface area contributed by atoms with Crippen molar-refractivity contribution in [2.75, 3.05) is 0 Å². The first-order valence-corrected chi connectivity index (χ1v) is 9.90. The van der Waals surface area contributed by atoms with Crippen molar-refractivity contribution in [1.82, 2.24) is 9.38 Å². The van der Waals surface area contributed by atoms with Crippen LogP contribution in [-0.2, 0) is 0 Å². The number of benzene rings is 4. The Hall–Kier alpha value is -3.56. The van der Waals surface area contributed by atoms with Crippen molar-refractivity contribution in [1.29, 1.82) is 0 Å². The van der Waals surface area contributed by atoms with Gasteiger partial charge < -0.3 is 8.82 Å². The number of para-hydroxylation sites is 1. The summed E-state index contributed by atoms with van der Waals surface area (Å²) in [4.78, 5) is 4.84. The minimum atomic E-state index is 0.641. The molecule has 7 aromatic rings. The molecule has 3 nitrogen and oxygen atoms in total. The molecule has 0 spiro atoms. The van der Waals surface area contributed by atoms with Crippen molar-refractivity contribution in [2.45, 2.75) is 0 Å². The van der Waals surface area contributed by atoms with Gasteiger partial charge in [-0.1, -0.05) is 48.0 Å². The topological polar surface area (TPSA) is 30.4 Å². The average Bonchev–Trinajstić information content (AvgIpc) is 3.41. The van der Waals surface area contributed by atoms with Crippen molar-refractivity contribution >= 4 is 60.8 Å². The summed E-state index contributed by atoms with van der Waals surface area (Å²) in [6, 6.07) is 26.7. The highest BCUT2D eigenvalue weighted by Gasteiger charge is 2.22. The van der Waals surface area contributed by atoms with E-state index in [1.807, 2.05) is 42.5 Å². The molecular weight excluding hydrogens is 380 g/mol. The quantitative estimate of drug-likeness (QED) is 0.293. The van der Waals surface area contributed by atoms with Crippen LogP contribution in [0.2, 0.25) is 5.02 Å². The van der Waals surface area contributed by atoms with Gasteiger partial charge in [0.05, 0.1) is 21.9 Å². The zero-order chi connectivity index (χ0) is 19.1. The number of hydrogen-bond donors (Lipinski definition) is 0. The van der Waals surface area contributed by atoms with E-state index in [-0.39, 0.29) is 0 Å². The molecule has 0 aliphatic heterocycles. The van der Waals surface area contributed by atoms with Crippen molar-refractivity contribution in [3.63, 3.8) is 0 Å². The van der Waals surface area contributed by atoms with Crippen molar-refractivity contribution in [2.24, 2.45) is 0 Å². The Kier molecular flexibility index (Phi) is 2.80. The first kappa shape index (κ1) is 15.4. The molecule has 0 amide bonds. The molecule has 136 valence electrons. The van der Waals surface area contributed by atoms with Gasteiger partial charge in [-0.05, 0) is 42.5 Å². The molecular formula is C25H13ClN2O. The summed E-state index contributed by atoms with van der Waals surface area (Å²) >= 11 is 6.35. The summed E-state index contributed by atoms with van der Waals surface area (Å²) in [5.41, 5.74) is 6.13. The van der Waals surface area contributed by atoms with Crippen LogP contribution in [0.4, 0.5) is 0 Å². The molecule has 4 aromatic carbocycles. The second-order valence-corrected chi connectivity index (χ2v) is 7.83. The molecule has 4 heteroatoms. The summed E-state index contributed by atoms with van der Waals surface area (Å²) in [5, 5.41) is 5.29. The maximum absolute atomic E-state index is 6.35. The summed E-state index contributed by atoms with van der Waals surface area (Å²) in [7, 11) is 0. The van der Waals surface area contributed by atoms with Gasteiger partial charge >= 0.3 is 0 Å². The second kappa shape index (κ2) is 5.28. The number of nitrogens with zero attached hydrogens (tertiary/aromatic N) is 2. The molecule has 0 aliphatic rings. The van der Waals surface area contributed by atoms with Crippen LogP contribution in [0.15, 0.2) is 83.3 Å².